The number of aliphatic hydroxyl groups excluding tert-OH is 1. The second kappa shape index (κ2) is 5.84. The topological polar surface area (TPSA) is 29.5 Å². The molecule has 1 N–H and O–H groups in total. The van der Waals surface area contributed by atoms with Gasteiger partial charge in [-0.3, -0.25) is 0 Å². The molecule has 2 nitrogen and oxygen atoms in total. The predicted octanol–water partition coefficient (Wildman–Crippen LogP) is 4.67. The van der Waals surface area contributed by atoms with Crippen LogP contribution in [0.1, 0.15) is 24.2 Å². The van der Waals surface area contributed by atoms with Gasteiger partial charge in [-0.2, -0.15) is 0 Å². The van der Waals surface area contributed by atoms with Crippen LogP contribution in [0.15, 0.2) is 47.8 Å². The van der Waals surface area contributed by atoms with E-state index >= 15 is 0 Å². The van der Waals surface area contributed by atoms with E-state index in [2.05, 4.69) is 6.07 Å². The summed E-state index contributed by atoms with van der Waals surface area (Å²) >= 11 is 1.65. The highest BCUT2D eigenvalue weighted by Crippen LogP contribution is 2.28. The third kappa shape index (κ3) is 2.91. The van der Waals surface area contributed by atoms with E-state index in [1.54, 1.807) is 30.4 Å². The molecule has 4 heteroatoms. The molecule has 0 radical (unpaired) electrons. The molecule has 2 aromatic carbocycles. The summed E-state index contributed by atoms with van der Waals surface area (Å²) in [5.41, 5.74) is 1.59. The standard InChI is InChI=1S/C17H15FO2S/c1-11(19)12-6-7-16(15(18)8-12)20-9-13-10-21-17-5-3-2-4-14(13)17/h2-8,10-11,19H,9H2,1H3/t11-/m0/s1. The minimum Gasteiger partial charge on any atom is -0.486 e. The molecule has 21 heavy (non-hydrogen) atoms. The number of hydrogen-bond acceptors (Lipinski definition) is 3. The summed E-state index contributed by atoms with van der Waals surface area (Å²) in [5.74, 6) is -0.248. The summed E-state index contributed by atoms with van der Waals surface area (Å²) in [4.78, 5) is 0. The Hall–Kier alpha value is -1.91. The summed E-state index contributed by atoms with van der Waals surface area (Å²) in [6.45, 7) is 1.93. The summed E-state index contributed by atoms with van der Waals surface area (Å²) in [6.07, 6.45) is -0.686. The van der Waals surface area contributed by atoms with Crippen molar-refractivity contribution in [3.63, 3.8) is 0 Å². The maximum Gasteiger partial charge on any atom is 0.165 e. The van der Waals surface area contributed by atoms with Crippen LogP contribution in [0.25, 0.3) is 10.1 Å². The van der Waals surface area contributed by atoms with E-state index in [0.717, 1.165) is 10.9 Å². The van der Waals surface area contributed by atoms with Crippen molar-refractivity contribution in [2.45, 2.75) is 19.6 Å². The van der Waals surface area contributed by atoms with Crippen molar-refractivity contribution < 1.29 is 14.2 Å². The van der Waals surface area contributed by atoms with E-state index in [1.165, 1.54) is 10.8 Å². The quantitative estimate of drug-likeness (QED) is 0.758. The van der Waals surface area contributed by atoms with Crippen LogP contribution in [-0.2, 0) is 6.61 Å². The van der Waals surface area contributed by atoms with Crippen LogP contribution in [0.3, 0.4) is 0 Å². The molecule has 3 aromatic rings. The van der Waals surface area contributed by atoms with Crippen LogP contribution >= 0.6 is 11.3 Å². The zero-order chi connectivity index (χ0) is 14.8. The Labute approximate surface area is 126 Å². The van der Waals surface area contributed by atoms with E-state index in [1.807, 2.05) is 23.6 Å². The number of hydrogen-bond donors (Lipinski definition) is 1. The highest BCUT2D eigenvalue weighted by atomic mass is 32.1. The summed E-state index contributed by atoms with van der Waals surface area (Å²) < 4.78 is 20.7. The molecule has 108 valence electrons. The molecule has 3 rings (SSSR count). The Kier molecular flexibility index (Phi) is 3.90. The van der Waals surface area contributed by atoms with Crippen molar-refractivity contribution in [1.82, 2.24) is 0 Å². The average molecular weight is 302 g/mol. The lowest BCUT2D eigenvalue weighted by atomic mass is 10.1. The van der Waals surface area contributed by atoms with E-state index in [0.29, 0.717) is 12.2 Å². The first kappa shape index (κ1) is 14.0. The molecule has 0 saturated heterocycles. The van der Waals surface area contributed by atoms with Crippen molar-refractivity contribution in [2.75, 3.05) is 0 Å². The lowest BCUT2D eigenvalue weighted by molar-refractivity contribution is 0.198. The number of ether oxygens (including phenoxy) is 1. The number of aliphatic hydroxyl groups is 1. The van der Waals surface area contributed by atoms with Crippen molar-refractivity contribution >= 4 is 21.4 Å². The van der Waals surface area contributed by atoms with Gasteiger partial charge in [0, 0.05) is 10.3 Å². The molecule has 0 aliphatic heterocycles. The zero-order valence-electron chi connectivity index (χ0n) is 11.5. The average Bonchev–Trinajstić information content (AvgIpc) is 2.89. The van der Waals surface area contributed by atoms with Crippen molar-refractivity contribution in [1.29, 1.82) is 0 Å². The lowest BCUT2D eigenvalue weighted by Gasteiger charge is -2.09. The van der Waals surface area contributed by atoms with Gasteiger partial charge in [0.25, 0.3) is 0 Å². The van der Waals surface area contributed by atoms with Gasteiger partial charge in [-0.15, -0.1) is 11.3 Å². The Morgan fingerprint density at radius 1 is 1.24 bits per heavy atom. The molecule has 0 saturated carbocycles. The van der Waals surface area contributed by atoms with Crippen molar-refractivity contribution in [2.24, 2.45) is 0 Å². The van der Waals surface area contributed by atoms with Crippen LogP contribution in [0, 0.1) is 5.82 Å². The molecule has 0 aliphatic rings. The summed E-state index contributed by atoms with van der Waals surface area (Å²) in [7, 11) is 0. The van der Waals surface area contributed by atoms with Crippen LogP contribution < -0.4 is 4.74 Å². The molecule has 0 aliphatic carbocycles. The smallest absolute Gasteiger partial charge is 0.165 e. The number of fused-ring (bicyclic) bond motifs is 1. The van der Waals surface area contributed by atoms with E-state index < -0.39 is 11.9 Å². The molecular formula is C17H15FO2S. The molecule has 0 unspecified atom stereocenters. The van der Waals surface area contributed by atoms with E-state index in [-0.39, 0.29) is 5.75 Å². The van der Waals surface area contributed by atoms with Crippen LogP contribution in [0.4, 0.5) is 4.39 Å². The van der Waals surface area contributed by atoms with Crippen LogP contribution in [0.5, 0.6) is 5.75 Å². The fraction of sp³-hybridized carbons (Fsp3) is 0.176. The monoisotopic (exact) mass is 302 g/mol. The van der Waals surface area contributed by atoms with Gasteiger partial charge in [-0.25, -0.2) is 4.39 Å². The summed E-state index contributed by atoms with van der Waals surface area (Å²) in [6, 6.07) is 12.6. The van der Waals surface area contributed by atoms with Crippen LogP contribution in [0.2, 0.25) is 0 Å². The fourth-order valence-electron chi connectivity index (χ4n) is 2.19. The van der Waals surface area contributed by atoms with Gasteiger partial charge in [-0.1, -0.05) is 24.3 Å². The molecular weight excluding hydrogens is 287 g/mol. The first-order chi connectivity index (χ1) is 10.1. The molecule has 0 bridgehead atoms. The minimum atomic E-state index is -0.686. The van der Waals surface area contributed by atoms with Gasteiger partial charge in [-0.05, 0) is 41.5 Å². The fourth-order valence-corrected chi connectivity index (χ4v) is 3.14. The molecule has 1 heterocycles. The first-order valence-electron chi connectivity index (χ1n) is 6.70. The Bertz CT molecular complexity index is 764. The minimum absolute atomic E-state index is 0.203. The number of halogens is 1. The van der Waals surface area contributed by atoms with Gasteiger partial charge >= 0.3 is 0 Å². The normalized spacial score (nSPS) is 12.5. The largest absolute Gasteiger partial charge is 0.486 e. The van der Waals surface area contributed by atoms with E-state index in [4.69, 9.17) is 4.74 Å². The molecule has 0 spiro atoms. The van der Waals surface area contributed by atoms with Crippen molar-refractivity contribution in [3.8, 4) is 5.75 Å². The Balaban J connectivity index is 1.79. The van der Waals surface area contributed by atoms with Gasteiger partial charge in [0.15, 0.2) is 11.6 Å². The molecule has 0 amide bonds. The molecule has 0 fully saturated rings. The third-order valence-corrected chi connectivity index (χ3v) is 4.39. The lowest BCUT2D eigenvalue weighted by Crippen LogP contribution is -1.98. The number of thiophene rings is 1. The maximum atomic E-state index is 13.9. The Morgan fingerprint density at radius 3 is 2.81 bits per heavy atom. The van der Waals surface area contributed by atoms with Gasteiger partial charge in [0.05, 0.1) is 6.10 Å². The highest BCUT2D eigenvalue weighted by molar-refractivity contribution is 7.17. The second-order valence-corrected chi connectivity index (χ2v) is 5.82. The van der Waals surface area contributed by atoms with Gasteiger partial charge in [0.1, 0.15) is 6.61 Å². The first-order valence-corrected chi connectivity index (χ1v) is 7.58. The van der Waals surface area contributed by atoms with Gasteiger partial charge in [0.2, 0.25) is 0 Å². The highest BCUT2D eigenvalue weighted by Gasteiger charge is 2.09. The SMILES string of the molecule is C[C@H](O)c1ccc(OCc2csc3ccccc23)c(F)c1. The molecule has 1 atom stereocenters. The van der Waals surface area contributed by atoms with Crippen molar-refractivity contribution in [3.05, 3.63) is 64.8 Å². The van der Waals surface area contributed by atoms with Crippen LogP contribution in [-0.4, -0.2) is 5.11 Å². The van der Waals surface area contributed by atoms with Gasteiger partial charge < -0.3 is 9.84 Å². The zero-order valence-corrected chi connectivity index (χ0v) is 12.4. The second-order valence-electron chi connectivity index (χ2n) is 4.91. The summed E-state index contributed by atoms with van der Waals surface area (Å²) in [5, 5.41) is 12.6. The molecule has 1 aromatic heterocycles. The number of benzene rings is 2. The van der Waals surface area contributed by atoms with E-state index in [9.17, 15) is 9.50 Å². The predicted molar refractivity (Wildman–Crippen MR) is 83.2 cm³/mol. The third-order valence-electron chi connectivity index (χ3n) is 3.38. The Morgan fingerprint density at radius 2 is 2.05 bits per heavy atom. The maximum absolute atomic E-state index is 13.9. The number of rotatable bonds is 4.